The molecule has 1 aliphatic rings. The number of thiophene rings is 1. The van der Waals surface area contributed by atoms with Gasteiger partial charge >= 0.3 is 5.97 Å². The Bertz CT molecular complexity index is 1250. The number of nitrogens with two attached hydrogens (primary N) is 1. The van der Waals surface area contributed by atoms with Crippen molar-refractivity contribution in [3.63, 3.8) is 0 Å². The van der Waals surface area contributed by atoms with E-state index in [9.17, 15) is 23.9 Å². The van der Waals surface area contributed by atoms with Crippen molar-refractivity contribution in [3.8, 4) is 22.6 Å². The number of anilines is 1. The van der Waals surface area contributed by atoms with Crippen LogP contribution in [0, 0.1) is 5.82 Å². The predicted molar refractivity (Wildman–Crippen MR) is 119 cm³/mol. The Balaban J connectivity index is 1.82. The van der Waals surface area contributed by atoms with Crippen LogP contribution in [0.4, 0.5) is 10.1 Å². The van der Waals surface area contributed by atoms with Crippen molar-refractivity contribution in [3.05, 3.63) is 63.6 Å². The van der Waals surface area contributed by atoms with Gasteiger partial charge in [-0.3, -0.25) is 9.59 Å². The van der Waals surface area contributed by atoms with E-state index >= 15 is 0 Å². The summed E-state index contributed by atoms with van der Waals surface area (Å²) in [6.07, 6.45) is 0.0973. The number of amides is 2. The number of carbonyl (C=O) groups is 3. The second-order valence-electron chi connectivity index (χ2n) is 7.33. The SMILES string of the molecule is COc1cc(C2CC(=O)Nc3c2sc(C(=O)O)c3-c2ccc(F)cc2)ccc1OCC(N)=O. The number of hydrogen-bond donors (Lipinski definition) is 3. The largest absolute Gasteiger partial charge is 0.493 e. The fourth-order valence-electron chi connectivity index (χ4n) is 3.77. The minimum atomic E-state index is -1.14. The van der Waals surface area contributed by atoms with Crippen LogP contribution >= 0.6 is 11.3 Å². The lowest BCUT2D eigenvalue weighted by Gasteiger charge is -2.24. The molecule has 2 aromatic carbocycles. The van der Waals surface area contributed by atoms with E-state index in [1.807, 2.05) is 0 Å². The van der Waals surface area contributed by atoms with Gasteiger partial charge in [-0.25, -0.2) is 9.18 Å². The third-order valence-corrected chi connectivity index (χ3v) is 6.48. The number of halogens is 1. The van der Waals surface area contributed by atoms with Crippen molar-refractivity contribution in [2.75, 3.05) is 19.0 Å². The highest BCUT2D eigenvalue weighted by Gasteiger charge is 2.34. The number of nitrogens with one attached hydrogen (secondary N) is 1. The van der Waals surface area contributed by atoms with E-state index in [0.717, 1.165) is 11.3 Å². The lowest BCUT2D eigenvalue weighted by Crippen LogP contribution is -2.22. The second-order valence-corrected chi connectivity index (χ2v) is 8.38. The minimum absolute atomic E-state index is 0.0483. The molecular formula is C23H19FN2O6S. The van der Waals surface area contributed by atoms with E-state index < -0.39 is 23.6 Å². The van der Waals surface area contributed by atoms with Gasteiger partial charge in [0.1, 0.15) is 10.7 Å². The summed E-state index contributed by atoms with van der Waals surface area (Å²) in [6, 6.07) is 10.5. The first kappa shape index (κ1) is 22.3. The van der Waals surface area contributed by atoms with E-state index in [0.29, 0.717) is 38.8 Å². The molecule has 8 nitrogen and oxygen atoms in total. The molecule has 0 saturated carbocycles. The van der Waals surface area contributed by atoms with Crippen LogP contribution in [0.5, 0.6) is 11.5 Å². The molecule has 1 unspecified atom stereocenters. The summed E-state index contributed by atoms with van der Waals surface area (Å²) in [5.74, 6) is -2.30. The molecular weight excluding hydrogens is 451 g/mol. The third kappa shape index (κ3) is 4.37. The molecule has 170 valence electrons. The van der Waals surface area contributed by atoms with Gasteiger partial charge < -0.3 is 25.6 Å². The maximum atomic E-state index is 13.4. The Morgan fingerprint density at radius 1 is 1.21 bits per heavy atom. The van der Waals surface area contributed by atoms with E-state index in [4.69, 9.17) is 15.2 Å². The van der Waals surface area contributed by atoms with Crippen molar-refractivity contribution >= 4 is 34.8 Å². The number of rotatable bonds is 7. The van der Waals surface area contributed by atoms with Crippen LogP contribution < -0.4 is 20.5 Å². The van der Waals surface area contributed by atoms with E-state index in [2.05, 4.69) is 5.32 Å². The van der Waals surface area contributed by atoms with Gasteiger partial charge in [-0.2, -0.15) is 0 Å². The highest BCUT2D eigenvalue weighted by atomic mass is 32.1. The molecule has 33 heavy (non-hydrogen) atoms. The fraction of sp³-hybridized carbons (Fsp3) is 0.174. The van der Waals surface area contributed by atoms with Crippen LogP contribution in [0.25, 0.3) is 11.1 Å². The van der Waals surface area contributed by atoms with Gasteiger partial charge in [0.25, 0.3) is 5.91 Å². The standard InChI is InChI=1S/C23H19FN2O6S/c1-31-16-8-12(4-7-15(16)32-10-17(25)27)14-9-18(28)26-20-19(11-2-5-13(24)6-3-11)22(23(29)30)33-21(14)20/h2-8,14H,9-10H2,1H3,(H2,25,27)(H,26,28)(H,29,30). The number of ether oxygens (including phenoxy) is 2. The topological polar surface area (TPSA) is 128 Å². The van der Waals surface area contributed by atoms with Gasteiger partial charge in [-0.1, -0.05) is 18.2 Å². The molecule has 0 radical (unpaired) electrons. The first-order valence-electron chi connectivity index (χ1n) is 9.83. The molecule has 0 fully saturated rings. The summed E-state index contributed by atoms with van der Waals surface area (Å²) in [6.45, 7) is -0.320. The monoisotopic (exact) mass is 470 g/mol. The van der Waals surface area contributed by atoms with E-state index in [1.165, 1.54) is 31.4 Å². The molecule has 2 amide bonds. The van der Waals surface area contributed by atoms with Crippen LogP contribution in [0.15, 0.2) is 42.5 Å². The zero-order chi connectivity index (χ0) is 23.7. The Morgan fingerprint density at radius 3 is 2.58 bits per heavy atom. The number of methoxy groups -OCH3 is 1. The lowest BCUT2D eigenvalue weighted by molar-refractivity contribution is -0.120. The first-order valence-corrected chi connectivity index (χ1v) is 10.6. The Morgan fingerprint density at radius 2 is 1.94 bits per heavy atom. The van der Waals surface area contributed by atoms with Crippen LogP contribution in [-0.4, -0.2) is 36.6 Å². The number of benzene rings is 2. The van der Waals surface area contributed by atoms with Crippen molar-refractivity contribution < 1.29 is 33.4 Å². The summed E-state index contributed by atoms with van der Waals surface area (Å²) < 4.78 is 24.2. The number of carboxylic acids is 1. The maximum Gasteiger partial charge on any atom is 0.346 e. The van der Waals surface area contributed by atoms with Gasteiger partial charge in [0.15, 0.2) is 18.1 Å². The van der Waals surface area contributed by atoms with Gasteiger partial charge in [0.2, 0.25) is 5.91 Å². The number of aromatic carboxylic acids is 1. The quantitative estimate of drug-likeness (QED) is 0.484. The van der Waals surface area contributed by atoms with E-state index in [-0.39, 0.29) is 23.8 Å². The van der Waals surface area contributed by atoms with Gasteiger partial charge in [0, 0.05) is 22.8 Å². The third-order valence-electron chi connectivity index (χ3n) is 5.19. The fourth-order valence-corrected chi connectivity index (χ4v) is 5.01. The summed E-state index contributed by atoms with van der Waals surface area (Å²) in [5, 5.41) is 12.6. The summed E-state index contributed by atoms with van der Waals surface area (Å²) in [7, 11) is 1.44. The van der Waals surface area contributed by atoms with Crippen molar-refractivity contribution in [1.29, 1.82) is 0 Å². The highest BCUT2D eigenvalue weighted by Crippen LogP contribution is 2.50. The molecule has 3 aromatic rings. The summed E-state index contributed by atoms with van der Waals surface area (Å²) in [5.41, 5.74) is 7.06. The zero-order valence-electron chi connectivity index (χ0n) is 17.4. The Kier molecular flexibility index (Phi) is 6.01. The Hall–Kier alpha value is -3.92. The number of fused-ring (bicyclic) bond motifs is 1. The van der Waals surface area contributed by atoms with Gasteiger partial charge in [-0.05, 0) is 35.4 Å². The molecule has 1 atom stereocenters. The van der Waals surface area contributed by atoms with E-state index in [1.54, 1.807) is 18.2 Å². The molecule has 1 aromatic heterocycles. The molecule has 4 N–H and O–H groups in total. The number of primary amides is 1. The maximum absolute atomic E-state index is 13.4. The molecule has 0 saturated heterocycles. The zero-order valence-corrected chi connectivity index (χ0v) is 18.2. The van der Waals surface area contributed by atoms with Crippen molar-refractivity contribution in [1.82, 2.24) is 0 Å². The predicted octanol–water partition coefficient (Wildman–Crippen LogP) is 3.60. The highest BCUT2D eigenvalue weighted by molar-refractivity contribution is 7.15. The minimum Gasteiger partial charge on any atom is -0.493 e. The second kappa shape index (κ2) is 8.91. The molecule has 0 spiro atoms. The lowest BCUT2D eigenvalue weighted by atomic mass is 9.88. The van der Waals surface area contributed by atoms with Crippen LogP contribution in [0.2, 0.25) is 0 Å². The van der Waals surface area contributed by atoms with Crippen LogP contribution in [-0.2, 0) is 9.59 Å². The molecule has 1 aliphatic heterocycles. The van der Waals surface area contributed by atoms with Crippen LogP contribution in [0.1, 0.15) is 32.5 Å². The average Bonchev–Trinajstić information content (AvgIpc) is 3.17. The molecule has 10 heteroatoms. The molecule has 4 rings (SSSR count). The normalized spacial score (nSPS) is 14.8. The van der Waals surface area contributed by atoms with Crippen LogP contribution in [0.3, 0.4) is 0 Å². The summed E-state index contributed by atoms with van der Waals surface area (Å²) in [4.78, 5) is 36.4. The molecule has 2 heterocycles. The smallest absolute Gasteiger partial charge is 0.346 e. The number of hydrogen-bond acceptors (Lipinski definition) is 6. The average molecular weight is 470 g/mol. The number of carbonyl (C=O) groups excluding carboxylic acids is 2. The van der Waals surface area contributed by atoms with Crippen molar-refractivity contribution in [2.45, 2.75) is 12.3 Å². The van der Waals surface area contributed by atoms with Gasteiger partial charge in [-0.15, -0.1) is 11.3 Å². The Labute approximate surface area is 191 Å². The summed E-state index contributed by atoms with van der Waals surface area (Å²) >= 11 is 1.06. The molecule has 0 aliphatic carbocycles. The first-order chi connectivity index (χ1) is 15.8. The van der Waals surface area contributed by atoms with Gasteiger partial charge in [0.05, 0.1) is 12.8 Å². The number of carboxylic acid groups (broad SMARTS) is 1. The van der Waals surface area contributed by atoms with Crippen molar-refractivity contribution in [2.24, 2.45) is 5.73 Å². The molecule has 0 bridgehead atoms.